The van der Waals surface area contributed by atoms with Gasteiger partial charge in [0.05, 0.1) is 0 Å². The number of hydrogen-bond donors (Lipinski definition) is 2. The Kier molecular flexibility index (Phi) is 4.23. The number of nitrogens with zero attached hydrogens (tertiary/aromatic N) is 1. The molecule has 0 radical (unpaired) electrons. The Morgan fingerprint density at radius 1 is 1.24 bits per heavy atom. The van der Waals surface area contributed by atoms with E-state index in [9.17, 15) is 5.11 Å². The first-order chi connectivity index (χ1) is 10.1. The number of hydrogen-bond acceptors (Lipinski definition) is 3. The van der Waals surface area contributed by atoms with Gasteiger partial charge in [0.15, 0.2) is 0 Å². The minimum absolute atomic E-state index is 0.327. The van der Waals surface area contributed by atoms with Crippen molar-refractivity contribution in [2.24, 2.45) is 0 Å². The maximum absolute atomic E-state index is 10.3. The third kappa shape index (κ3) is 2.82. The van der Waals surface area contributed by atoms with Crippen LogP contribution in [0.5, 0.6) is 5.75 Å². The normalized spacial score (nSPS) is 27.0. The highest BCUT2D eigenvalue weighted by Crippen LogP contribution is 2.46. The average molecular weight is 288 g/mol. The monoisotopic (exact) mass is 288 g/mol. The number of aryl methyl sites for hydroxylation is 1. The molecular weight excluding hydrogens is 260 g/mol. The van der Waals surface area contributed by atoms with E-state index in [1.165, 1.54) is 42.6 Å². The van der Waals surface area contributed by atoms with Crippen LogP contribution in [0.1, 0.15) is 61.8 Å². The number of rotatable bonds is 3. The highest BCUT2D eigenvalue weighted by atomic mass is 16.3. The molecule has 0 aromatic heterocycles. The molecule has 21 heavy (non-hydrogen) atoms. The molecule has 1 aromatic rings. The summed E-state index contributed by atoms with van der Waals surface area (Å²) in [6.07, 6.45) is 3.56. The fraction of sp³-hybridized carbons (Fsp3) is 0.667. The van der Waals surface area contributed by atoms with Gasteiger partial charge in [0.2, 0.25) is 0 Å². The molecule has 2 atom stereocenters. The van der Waals surface area contributed by atoms with E-state index in [2.05, 4.69) is 31.0 Å². The van der Waals surface area contributed by atoms with Crippen molar-refractivity contribution in [1.82, 2.24) is 10.2 Å². The zero-order chi connectivity index (χ0) is 15.0. The van der Waals surface area contributed by atoms with Crippen molar-refractivity contribution in [2.75, 3.05) is 19.6 Å². The van der Waals surface area contributed by atoms with Gasteiger partial charge in [-0.2, -0.15) is 0 Å². The Labute approximate surface area is 128 Å². The maximum atomic E-state index is 10.3. The first-order valence-electron chi connectivity index (χ1n) is 8.41. The standard InChI is InChI=1S/C18H28N2O/c1-4-20-9-7-14(8-10-20)19-15-11-13(3)17-12(2)5-6-16(21)18(15)17/h5-6,13-15,19,21H,4,7-11H2,1-3H3. The van der Waals surface area contributed by atoms with Gasteiger partial charge in [-0.15, -0.1) is 0 Å². The number of aromatic hydroxyl groups is 1. The van der Waals surface area contributed by atoms with Crippen LogP contribution in [0, 0.1) is 6.92 Å². The lowest BCUT2D eigenvalue weighted by atomic mass is 9.97. The predicted octanol–water partition coefficient (Wildman–Crippen LogP) is 3.32. The smallest absolute Gasteiger partial charge is 0.120 e. The van der Waals surface area contributed by atoms with Crippen LogP contribution in [-0.2, 0) is 0 Å². The fourth-order valence-corrected chi connectivity index (χ4v) is 4.20. The molecule has 3 heteroatoms. The number of fused-ring (bicyclic) bond motifs is 1. The first-order valence-corrected chi connectivity index (χ1v) is 8.41. The molecule has 1 fully saturated rings. The zero-order valence-electron chi connectivity index (χ0n) is 13.5. The molecule has 0 bridgehead atoms. The van der Waals surface area contributed by atoms with Gasteiger partial charge in [0.25, 0.3) is 0 Å². The van der Waals surface area contributed by atoms with Crippen LogP contribution in [0.15, 0.2) is 12.1 Å². The largest absolute Gasteiger partial charge is 0.508 e. The van der Waals surface area contributed by atoms with Crippen molar-refractivity contribution in [3.63, 3.8) is 0 Å². The summed E-state index contributed by atoms with van der Waals surface area (Å²) in [6.45, 7) is 10.2. The van der Waals surface area contributed by atoms with Gasteiger partial charge in [-0.05, 0) is 68.9 Å². The number of nitrogens with one attached hydrogen (secondary N) is 1. The van der Waals surface area contributed by atoms with E-state index in [0.717, 1.165) is 13.0 Å². The summed E-state index contributed by atoms with van der Waals surface area (Å²) in [5, 5.41) is 14.1. The topological polar surface area (TPSA) is 35.5 Å². The molecule has 2 aliphatic rings. The molecule has 1 saturated heterocycles. The van der Waals surface area contributed by atoms with E-state index in [1.807, 2.05) is 12.1 Å². The van der Waals surface area contributed by atoms with Crippen molar-refractivity contribution in [3.05, 3.63) is 28.8 Å². The van der Waals surface area contributed by atoms with Crippen molar-refractivity contribution in [2.45, 2.75) is 58.0 Å². The molecule has 3 rings (SSSR count). The second-order valence-corrected chi connectivity index (χ2v) is 6.79. The van der Waals surface area contributed by atoms with Gasteiger partial charge >= 0.3 is 0 Å². The number of benzene rings is 1. The average Bonchev–Trinajstić information content (AvgIpc) is 2.81. The third-order valence-corrected chi connectivity index (χ3v) is 5.38. The van der Waals surface area contributed by atoms with E-state index in [1.54, 1.807) is 0 Å². The van der Waals surface area contributed by atoms with Gasteiger partial charge in [-0.1, -0.05) is 19.9 Å². The first kappa shape index (κ1) is 14.9. The van der Waals surface area contributed by atoms with Crippen molar-refractivity contribution < 1.29 is 5.11 Å². The van der Waals surface area contributed by atoms with Crippen LogP contribution < -0.4 is 5.32 Å². The Bertz CT molecular complexity index is 506. The zero-order valence-corrected chi connectivity index (χ0v) is 13.5. The lowest BCUT2D eigenvalue weighted by Crippen LogP contribution is -2.43. The van der Waals surface area contributed by atoms with Gasteiger partial charge in [-0.3, -0.25) is 0 Å². The molecule has 116 valence electrons. The molecule has 2 N–H and O–H groups in total. The molecule has 1 heterocycles. The van der Waals surface area contributed by atoms with Gasteiger partial charge in [-0.25, -0.2) is 0 Å². The van der Waals surface area contributed by atoms with E-state index >= 15 is 0 Å². The molecule has 3 nitrogen and oxygen atoms in total. The third-order valence-electron chi connectivity index (χ3n) is 5.38. The minimum atomic E-state index is 0.327. The second-order valence-electron chi connectivity index (χ2n) is 6.79. The molecule has 1 aliphatic carbocycles. The predicted molar refractivity (Wildman–Crippen MR) is 86.9 cm³/mol. The number of piperidine rings is 1. The van der Waals surface area contributed by atoms with Crippen molar-refractivity contribution in [1.29, 1.82) is 0 Å². The van der Waals surface area contributed by atoms with Gasteiger partial charge < -0.3 is 15.3 Å². The Balaban J connectivity index is 1.74. The minimum Gasteiger partial charge on any atom is -0.508 e. The Morgan fingerprint density at radius 3 is 2.62 bits per heavy atom. The van der Waals surface area contributed by atoms with Crippen LogP contribution >= 0.6 is 0 Å². The summed E-state index contributed by atoms with van der Waals surface area (Å²) < 4.78 is 0. The van der Waals surface area contributed by atoms with Crippen LogP contribution in [0.2, 0.25) is 0 Å². The summed E-state index contributed by atoms with van der Waals surface area (Å²) >= 11 is 0. The van der Waals surface area contributed by atoms with Gasteiger partial charge in [0.1, 0.15) is 5.75 Å². The molecule has 0 saturated carbocycles. The van der Waals surface area contributed by atoms with Crippen molar-refractivity contribution >= 4 is 0 Å². The Hall–Kier alpha value is -1.06. The van der Waals surface area contributed by atoms with E-state index in [-0.39, 0.29) is 0 Å². The number of phenolic OH excluding ortho intramolecular Hbond substituents is 1. The fourth-order valence-electron chi connectivity index (χ4n) is 4.20. The molecule has 0 spiro atoms. The summed E-state index contributed by atoms with van der Waals surface area (Å²) in [4.78, 5) is 2.52. The van der Waals surface area contributed by atoms with E-state index in [4.69, 9.17) is 0 Å². The lowest BCUT2D eigenvalue weighted by Gasteiger charge is -2.33. The van der Waals surface area contributed by atoms with Crippen LogP contribution in [0.4, 0.5) is 0 Å². The summed E-state index contributed by atoms with van der Waals surface area (Å²) in [6, 6.07) is 4.83. The summed E-state index contributed by atoms with van der Waals surface area (Å²) in [5.41, 5.74) is 3.86. The number of phenols is 1. The van der Waals surface area contributed by atoms with Crippen LogP contribution in [0.3, 0.4) is 0 Å². The molecular formula is C18H28N2O. The van der Waals surface area contributed by atoms with E-state index in [0.29, 0.717) is 23.8 Å². The van der Waals surface area contributed by atoms with E-state index < -0.39 is 0 Å². The lowest BCUT2D eigenvalue weighted by molar-refractivity contribution is 0.197. The number of likely N-dealkylation sites (tertiary alicyclic amines) is 1. The second kappa shape index (κ2) is 5.98. The highest BCUT2D eigenvalue weighted by Gasteiger charge is 2.33. The quantitative estimate of drug-likeness (QED) is 0.895. The van der Waals surface area contributed by atoms with Gasteiger partial charge in [0, 0.05) is 17.6 Å². The summed E-state index contributed by atoms with van der Waals surface area (Å²) in [5.74, 6) is 1.02. The van der Waals surface area contributed by atoms with Crippen LogP contribution in [0.25, 0.3) is 0 Å². The SMILES string of the molecule is CCN1CCC(NC2CC(C)c3c(C)ccc(O)c32)CC1. The molecule has 1 aromatic carbocycles. The summed E-state index contributed by atoms with van der Waals surface area (Å²) in [7, 11) is 0. The Morgan fingerprint density at radius 2 is 1.95 bits per heavy atom. The van der Waals surface area contributed by atoms with Crippen LogP contribution in [-0.4, -0.2) is 35.7 Å². The molecule has 1 aliphatic heterocycles. The molecule has 2 unspecified atom stereocenters. The maximum Gasteiger partial charge on any atom is 0.120 e. The van der Waals surface area contributed by atoms with Crippen molar-refractivity contribution in [3.8, 4) is 5.75 Å². The molecule has 0 amide bonds. The highest BCUT2D eigenvalue weighted by molar-refractivity contribution is 5.50.